The molecule has 1 aliphatic heterocycles. The Bertz CT molecular complexity index is 342. The summed E-state index contributed by atoms with van der Waals surface area (Å²) in [5, 5.41) is 14.6. The van der Waals surface area contributed by atoms with Crippen molar-refractivity contribution in [2.75, 3.05) is 19.7 Å². The second-order valence-corrected chi connectivity index (χ2v) is 5.11. The predicted octanol–water partition coefficient (Wildman–Crippen LogP) is 0.476. The number of hydrogen-bond donors (Lipinski definition) is 3. The van der Waals surface area contributed by atoms with Gasteiger partial charge in [-0.15, -0.1) is 0 Å². The lowest BCUT2D eigenvalue weighted by molar-refractivity contribution is 0.0191. The van der Waals surface area contributed by atoms with Gasteiger partial charge < -0.3 is 25.9 Å². The molecule has 1 aliphatic carbocycles. The van der Waals surface area contributed by atoms with Crippen molar-refractivity contribution in [3.8, 4) is 0 Å². The fraction of sp³-hybridized carbons (Fsp3) is 0.833. The number of amidine groups is 1. The van der Waals surface area contributed by atoms with Crippen LogP contribution in [0.2, 0.25) is 0 Å². The van der Waals surface area contributed by atoms with Crippen molar-refractivity contribution in [2.45, 2.75) is 44.2 Å². The summed E-state index contributed by atoms with van der Waals surface area (Å²) in [5.74, 6) is 0.00941. The summed E-state index contributed by atoms with van der Waals surface area (Å²) < 4.78 is 5.36. The van der Waals surface area contributed by atoms with E-state index in [0.717, 1.165) is 12.8 Å². The summed E-state index contributed by atoms with van der Waals surface area (Å²) in [4.78, 5) is 13.8. The number of nitrogens with two attached hydrogens (primary N) is 1. The third kappa shape index (κ3) is 3.73. The van der Waals surface area contributed by atoms with Crippen molar-refractivity contribution in [1.82, 2.24) is 10.2 Å². The number of nitrogens with one attached hydrogen (secondary N) is 1. The van der Waals surface area contributed by atoms with Gasteiger partial charge >= 0.3 is 6.03 Å². The van der Waals surface area contributed by atoms with Gasteiger partial charge in [0.1, 0.15) is 6.10 Å². The second-order valence-electron chi connectivity index (χ2n) is 5.11. The molecule has 0 bridgehead atoms. The Morgan fingerprint density at radius 3 is 2.79 bits per heavy atom. The van der Waals surface area contributed by atoms with Gasteiger partial charge in [0, 0.05) is 12.6 Å². The lowest BCUT2D eigenvalue weighted by Gasteiger charge is -2.34. The molecule has 1 saturated heterocycles. The fourth-order valence-corrected chi connectivity index (χ4v) is 2.59. The van der Waals surface area contributed by atoms with E-state index >= 15 is 0 Å². The summed E-state index contributed by atoms with van der Waals surface area (Å²) in [6.07, 6.45) is 5.22. The highest BCUT2D eigenvalue weighted by Gasteiger charge is 2.28. The molecule has 0 spiro atoms. The van der Waals surface area contributed by atoms with Crippen LogP contribution in [0, 0.1) is 0 Å². The first-order valence-electron chi connectivity index (χ1n) is 6.85. The van der Waals surface area contributed by atoms with E-state index in [2.05, 4.69) is 10.5 Å². The van der Waals surface area contributed by atoms with Gasteiger partial charge in [-0.1, -0.05) is 24.4 Å². The minimum Gasteiger partial charge on any atom is -0.409 e. The monoisotopic (exact) mass is 270 g/mol. The Hall–Kier alpha value is -1.50. The molecule has 1 unspecified atom stereocenters. The van der Waals surface area contributed by atoms with Gasteiger partial charge in [0.05, 0.1) is 13.2 Å². The number of rotatable bonds is 2. The van der Waals surface area contributed by atoms with Crippen molar-refractivity contribution in [1.29, 1.82) is 0 Å². The molecule has 2 fully saturated rings. The van der Waals surface area contributed by atoms with E-state index in [1.54, 1.807) is 4.90 Å². The van der Waals surface area contributed by atoms with Crippen molar-refractivity contribution >= 4 is 11.9 Å². The molecular formula is C12H22N4O3. The van der Waals surface area contributed by atoms with Crippen molar-refractivity contribution < 1.29 is 14.7 Å². The molecular weight excluding hydrogens is 248 g/mol. The fourth-order valence-electron chi connectivity index (χ4n) is 2.59. The van der Waals surface area contributed by atoms with Crippen LogP contribution in [0.15, 0.2) is 5.16 Å². The Kier molecular flexibility index (Phi) is 4.84. The largest absolute Gasteiger partial charge is 0.409 e. The van der Waals surface area contributed by atoms with Crippen LogP contribution in [0.25, 0.3) is 0 Å². The minimum atomic E-state index is -0.518. The van der Waals surface area contributed by atoms with Crippen LogP contribution in [0.5, 0.6) is 0 Å². The summed E-state index contributed by atoms with van der Waals surface area (Å²) in [5.41, 5.74) is 5.51. The molecule has 2 aliphatic rings. The molecule has 19 heavy (non-hydrogen) atoms. The average Bonchev–Trinajstić information content (AvgIpc) is 2.47. The molecule has 0 aromatic carbocycles. The maximum Gasteiger partial charge on any atom is 0.317 e. The Morgan fingerprint density at radius 2 is 2.11 bits per heavy atom. The number of carbonyl (C=O) groups excluding carboxylic acids is 1. The van der Waals surface area contributed by atoms with Gasteiger partial charge in [-0.2, -0.15) is 0 Å². The third-order valence-electron chi connectivity index (χ3n) is 3.73. The lowest BCUT2D eigenvalue weighted by Crippen LogP contribution is -2.54. The van der Waals surface area contributed by atoms with Gasteiger partial charge in [-0.25, -0.2) is 4.79 Å². The summed E-state index contributed by atoms with van der Waals surface area (Å²) >= 11 is 0. The van der Waals surface area contributed by atoms with Gasteiger partial charge in [0.25, 0.3) is 0 Å². The molecule has 1 atom stereocenters. The molecule has 0 aromatic heterocycles. The zero-order chi connectivity index (χ0) is 13.7. The highest BCUT2D eigenvalue weighted by atomic mass is 16.5. The van der Waals surface area contributed by atoms with E-state index in [1.165, 1.54) is 19.3 Å². The van der Waals surface area contributed by atoms with Crippen LogP contribution >= 0.6 is 0 Å². The van der Waals surface area contributed by atoms with Crippen molar-refractivity contribution in [3.63, 3.8) is 0 Å². The molecule has 1 heterocycles. The molecule has 0 radical (unpaired) electrons. The number of nitrogens with zero attached hydrogens (tertiary/aromatic N) is 2. The average molecular weight is 270 g/mol. The Balaban J connectivity index is 1.84. The van der Waals surface area contributed by atoms with E-state index in [0.29, 0.717) is 19.7 Å². The maximum atomic E-state index is 12.1. The first kappa shape index (κ1) is 13.9. The van der Waals surface area contributed by atoms with Crippen LogP contribution in [-0.2, 0) is 4.74 Å². The molecule has 2 rings (SSSR count). The van der Waals surface area contributed by atoms with Crippen LogP contribution < -0.4 is 11.1 Å². The molecule has 4 N–H and O–H groups in total. The molecule has 7 heteroatoms. The summed E-state index contributed by atoms with van der Waals surface area (Å²) in [7, 11) is 0. The van der Waals surface area contributed by atoms with Crippen LogP contribution in [-0.4, -0.2) is 53.8 Å². The molecule has 2 amide bonds. The van der Waals surface area contributed by atoms with Crippen LogP contribution in [0.3, 0.4) is 0 Å². The number of carbonyl (C=O) groups is 1. The second kappa shape index (κ2) is 6.60. The number of oxime groups is 1. The third-order valence-corrected chi connectivity index (χ3v) is 3.73. The van der Waals surface area contributed by atoms with Gasteiger partial charge in [-0.3, -0.25) is 0 Å². The molecule has 108 valence electrons. The lowest BCUT2D eigenvalue weighted by atomic mass is 9.96. The highest BCUT2D eigenvalue weighted by molar-refractivity contribution is 5.85. The predicted molar refractivity (Wildman–Crippen MR) is 70.1 cm³/mol. The first-order chi connectivity index (χ1) is 9.20. The van der Waals surface area contributed by atoms with E-state index < -0.39 is 6.10 Å². The molecule has 0 aromatic rings. The van der Waals surface area contributed by atoms with Gasteiger partial charge in [0.2, 0.25) is 0 Å². The van der Waals surface area contributed by atoms with E-state index in [-0.39, 0.29) is 17.9 Å². The SMILES string of the molecule is NC(=NO)C1CN(C(=O)NC2CCCCC2)CCO1. The number of amides is 2. The zero-order valence-electron chi connectivity index (χ0n) is 11.0. The van der Waals surface area contributed by atoms with E-state index in [4.69, 9.17) is 15.7 Å². The molecule has 1 saturated carbocycles. The molecule has 7 nitrogen and oxygen atoms in total. The number of ether oxygens (including phenoxy) is 1. The standard InChI is InChI=1S/C12H22N4O3/c13-11(15-18)10-8-16(6-7-19-10)12(17)14-9-4-2-1-3-5-9/h9-10,18H,1-8H2,(H2,13,15)(H,14,17). The van der Waals surface area contributed by atoms with Gasteiger partial charge in [-0.05, 0) is 12.8 Å². The minimum absolute atomic E-state index is 0.00941. The van der Waals surface area contributed by atoms with Crippen LogP contribution in [0.4, 0.5) is 4.79 Å². The number of morpholine rings is 1. The van der Waals surface area contributed by atoms with Crippen LogP contribution in [0.1, 0.15) is 32.1 Å². The number of hydrogen-bond acceptors (Lipinski definition) is 4. The van der Waals surface area contributed by atoms with E-state index in [9.17, 15) is 4.79 Å². The summed E-state index contributed by atoms with van der Waals surface area (Å²) in [6.45, 7) is 1.27. The Labute approximate surface area is 112 Å². The normalized spacial score (nSPS) is 26.2. The van der Waals surface area contributed by atoms with Crippen molar-refractivity contribution in [2.24, 2.45) is 10.9 Å². The highest BCUT2D eigenvalue weighted by Crippen LogP contribution is 2.18. The topological polar surface area (TPSA) is 100 Å². The zero-order valence-corrected chi connectivity index (χ0v) is 11.0. The first-order valence-corrected chi connectivity index (χ1v) is 6.85. The van der Waals surface area contributed by atoms with E-state index in [1.807, 2.05) is 0 Å². The quantitative estimate of drug-likeness (QED) is 0.294. The maximum absolute atomic E-state index is 12.1. The Morgan fingerprint density at radius 1 is 1.37 bits per heavy atom. The summed E-state index contributed by atoms with van der Waals surface area (Å²) in [6, 6.07) is 0.206. The van der Waals surface area contributed by atoms with Gasteiger partial charge in [0.15, 0.2) is 5.84 Å². The number of urea groups is 1. The smallest absolute Gasteiger partial charge is 0.317 e. The van der Waals surface area contributed by atoms with Crippen molar-refractivity contribution in [3.05, 3.63) is 0 Å².